The van der Waals surface area contributed by atoms with Gasteiger partial charge in [0.05, 0.1) is 7.11 Å². The number of methoxy groups -OCH3 is 1. The third-order valence-corrected chi connectivity index (χ3v) is 1.71. The second kappa shape index (κ2) is 4.93. The normalized spacial score (nSPS) is 9.29. The number of aromatic nitrogens is 3. The van der Waals surface area contributed by atoms with Crippen molar-refractivity contribution < 1.29 is 4.74 Å². The van der Waals surface area contributed by atoms with Crippen molar-refractivity contribution in [2.75, 3.05) is 31.0 Å². The molecule has 0 fully saturated rings. The van der Waals surface area contributed by atoms with Gasteiger partial charge < -0.3 is 15.4 Å². The van der Waals surface area contributed by atoms with E-state index in [4.69, 9.17) is 21.1 Å². The molecular weight excluding hydrogens is 224 g/mol. The number of hydrogen-bond donors (Lipinski definition) is 2. The van der Waals surface area contributed by atoms with Gasteiger partial charge in [-0.3, -0.25) is 5.41 Å². The van der Waals surface area contributed by atoms with E-state index in [1.807, 2.05) is 0 Å². The van der Waals surface area contributed by atoms with Crippen molar-refractivity contribution >= 4 is 17.9 Å². The molecule has 1 heterocycles. The molecule has 0 radical (unpaired) electrons. The average molecular weight is 236 g/mol. The molecule has 17 heavy (non-hydrogen) atoms. The van der Waals surface area contributed by atoms with Gasteiger partial charge in [-0.2, -0.15) is 25.1 Å². The van der Waals surface area contributed by atoms with Crippen LogP contribution < -0.4 is 20.3 Å². The predicted molar refractivity (Wildman–Crippen MR) is 60.7 cm³/mol. The van der Waals surface area contributed by atoms with Gasteiger partial charge in [-0.1, -0.05) is 0 Å². The molecule has 90 valence electrons. The molecule has 1 aromatic heterocycles. The van der Waals surface area contributed by atoms with Crippen LogP contribution in [0.25, 0.3) is 0 Å². The SMILES string of the molecule is COc1nc(N(C)C)nc(N(C#N)C(=N)N)n1. The van der Waals surface area contributed by atoms with Crippen LogP contribution in [0.15, 0.2) is 0 Å². The van der Waals surface area contributed by atoms with Gasteiger partial charge in [0.15, 0.2) is 6.19 Å². The van der Waals surface area contributed by atoms with Crippen LogP contribution >= 0.6 is 0 Å². The van der Waals surface area contributed by atoms with Crippen molar-refractivity contribution in [2.24, 2.45) is 5.73 Å². The average Bonchev–Trinajstić information content (AvgIpc) is 2.28. The third kappa shape index (κ3) is 2.69. The largest absolute Gasteiger partial charge is 0.467 e. The maximum atomic E-state index is 8.84. The summed E-state index contributed by atoms with van der Waals surface area (Å²) in [7, 11) is 4.84. The highest BCUT2D eigenvalue weighted by molar-refractivity contribution is 5.93. The van der Waals surface area contributed by atoms with Crippen LogP contribution in [-0.2, 0) is 0 Å². The van der Waals surface area contributed by atoms with E-state index in [9.17, 15) is 0 Å². The molecular formula is C8H12N8O. The highest BCUT2D eigenvalue weighted by Crippen LogP contribution is 2.15. The summed E-state index contributed by atoms with van der Waals surface area (Å²) in [6, 6.07) is 0.0419. The minimum absolute atomic E-state index is 0.0419. The molecule has 9 nitrogen and oxygen atoms in total. The van der Waals surface area contributed by atoms with Gasteiger partial charge in [0.1, 0.15) is 0 Å². The second-order valence-electron chi connectivity index (χ2n) is 3.14. The summed E-state index contributed by atoms with van der Waals surface area (Å²) in [5, 5.41) is 16.1. The Labute approximate surface area is 98.0 Å². The standard InChI is InChI=1S/C8H12N8O/c1-15(2)6-12-7(14-8(13-6)17-3)16(4-9)5(10)11/h1-3H3,(H3,10,11). The van der Waals surface area contributed by atoms with E-state index in [1.165, 1.54) is 7.11 Å². The van der Waals surface area contributed by atoms with E-state index >= 15 is 0 Å². The maximum absolute atomic E-state index is 8.84. The molecule has 0 unspecified atom stereocenters. The molecule has 0 aromatic carbocycles. The number of hydrogen-bond acceptors (Lipinski definition) is 7. The molecule has 0 bridgehead atoms. The lowest BCUT2D eigenvalue weighted by Gasteiger charge is -2.15. The number of nitrogens with one attached hydrogen (secondary N) is 1. The zero-order chi connectivity index (χ0) is 13.0. The number of nitriles is 1. The molecule has 0 aliphatic rings. The Bertz CT molecular complexity index is 465. The molecule has 1 aromatic rings. The molecule has 3 N–H and O–H groups in total. The molecule has 0 aliphatic heterocycles. The van der Waals surface area contributed by atoms with E-state index < -0.39 is 5.96 Å². The first-order valence-electron chi connectivity index (χ1n) is 4.51. The van der Waals surface area contributed by atoms with E-state index in [0.717, 1.165) is 4.90 Å². The lowest BCUT2D eigenvalue weighted by Crippen LogP contribution is -2.34. The lowest BCUT2D eigenvalue weighted by atomic mass is 10.7. The summed E-state index contributed by atoms with van der Waals surface area (Å²) in [6.45, 7) is 0. The first-order valence-corrected chi connectivity index (χ1v) is 4.51. The van der Waals surface area contributed by atoms with E-state index in [-0.39, 0.29) is 12.0 Å². The minimum Gasteiger partial charge on any atom is -0.467 e. The van der Waals surface area contributed by atoms with Gasteiger partial charge in [0.2, 0.25) is 11.9 Å². The summed E-state index contributed by atoms with van der Waals surface area (Å²) in [6.07, 6.45) is 1.69. The maximum Gasteiger partial charge on any atom is 0.322 e. The monoisotopic (exact) mass is 236 g/mol. The summed E-state index contributed by atoms with van der Waals surface area (Å²) in [5.74, 6) is -0.241. The highest BCUT2D eigenvalue weighted by atomic mass is 16.5. The number of nitrogens with zero attached hydrogens (tertiary/aromatic N) is 6. The fraction of sp³-hybridized carbons (Fsp3) is 0.375. The molecule has 0 saturated carbocycles. The summed E-state index contributed by atoms with van der Waals surface area (Å²) < 4.78 is 4.88. The van der Waals surface area contributed by atoms with Crippen molar-refractivity contribution in [3.8, 4) is 12.2 Å². The highest BCUT2D eigenvalue weighted by Gasteiger charge is 2.16. The van der Waals surface area contributed by atoms with Crippen LogP contribution in [-0.4, -0.2) is 42.1 Å². The van der Waals surface area contributed by atoms with Crippen molar-refractivity contribution in [3.05, 3.63) is 0 Å². The van der Waals surface area contributed by atoms with Crippen LogP contribution in [0.4, 0.5) is 11.9 Å². The van der Waals surface area contributed by atoms with Crippen LogP contribution in [0, 0.1) is 16.9 Å². The summed E-state index contributed by atoms with van der Waals surface area (Å²) in [4.78, 5) is 14.2. The summed E-state index contributed by atoms with van der Waals surface area (Å²) >= 11 is 0. The van der Waals surface area contributed by atoms with E-state index in [2.05, 4.69) is 15.0 Å². The van der Waals surface area contributed by atoms with Crippen molar-refractivity contribution in [1.29, 1.82) is 10.7 Å². The van der Waals surface area contributed by atoms with Gasteiger partial charge in [0, 0.05) is 14.1 Å². The quantitative estimate of drug-likeness (QED) is 0.300. The number of anilines is 2. The molecule has 0 atom stereocenters. The lowest BCUT2D eigenvalue weighted by molar-refractivity contribution is 0.379. The van der Waals surface area contributed by atoms with Crippen LogP contribution in [0.3, 0.4) is 0 Å². The Kier molecular flexibility index (Phi) is 3.61. The van der Waals surface area contributed by atoms with Crippen LogP contribution in [0.2, 0.25) is 0 Å². The van der Waals surface area contributed by atoms with Crippen molar-refractivity contribution in [1.82, 2.24) is 15.0 Å². The molecule has 0 spiro atoms. The Hall–Kier alpha value is -2.63. The van der Waals surface area contributed by atoms with Crippen molar-refractivity contribution in [2.45, 2.75) is 0 Å². The van der Waals surface area contributed by atoms with Crippen LogP contribution in [0.5, 0.6) is 6.01 Å². The van der Waals surface area contributed by atoms with Gasteiger partial charge in [-0.15, -0.1) is 0 Å². The minimum atomic E-state index is -0.481. The predicted octanol–water partition coefficient (Wildman–Crippen LogP) is -0.873. The molecule has 0 amide bonds. The number of ether oxygens (including phenoxy) is 1. The fourth-order valence-corrected chi connectivity index (χ4v) is 0.933. The van der Waals surface area contributed by atoms with E-state index in [1.54, 1.807) is 25.2 Å². The first kappa shape index (κ1) is 12.4. The topological polar surface area (TPSA) is 128 Å². The van der Waals surface area contributed by atoms with Gasteiger partial charge >= 0.3 is 6.01 Å². The Balaban J connectivity index is 3.28. The Morgan fingerprint density at radius 2 is 1.94 bits per heavy atom. The van der Waals surface area contributed by atoms with E-state index in [0.29, 0.717) is 5.95 Å². The zero-order valence-corrected chi connectivity index (χ0v) is 9.67. The number of guanidine groups is 1. The smallest absolute Gasteiger partial charge is 0.322 e. The Morgan fingerprint density at radius 3 is 2.35 bits per heavy atom. The van der Waals surface area contributed by atoms with Gasteiger partial charge in [-0.05, 0) is 0 Å². The molecule has 0 saturated heterocycles. The van der Waals surface area contributed by atoms with Crippen molar-refractivity contribution in [3.63, 3.8) is 0 Å². The Morgan fingerprint density at radius 1 is 1.35 bits per heavy atom. The number of rotatable bonds is 3. The van der Waals surface area contributed by atoms with Gasteiger partial charge in [0.25, 0.3) is 5.95 Å². The van der Waals surface area contributed by atoms with Crippen LogP contribution in [0.1, 0.15) is 0 Å². The fourth-order valence-electron chi connectivity index (χ4n) is 0.933. The molecule has 0 aliphatic carbocycles. The molecule has 1 rings (SSSR count). The summed E-state index contributed by atoms with van der Waals surface area (Å²) in [5.41, 5.74) is 5.23. The van der Waals surface area contributed by atoms with Gasteiger partial charge in [-0.25, -0.2) is 0 Å². The number of nitrogens with two attached hydrogens (primary N) is 1. The third-order valence-electron chi connectivity index (χ3n) is 1.71. The molecule has 9 heteroatoms. The second-order valence-corrected chi connectivity index (χ2v) is 3.14. The zero-order valence-electron chi connectivity index (χ0n) is 9.67. The first-order chi connectivity index (χ1) is 7.99.